The number of hydrazine groups is 1. The number of aryl methyl sites for hydroxylation is 2. The molecule has 0 aliphatic heterocycles. The molecule has 0 saturated heterocycles. The number of halogens is 1. The monoisotopic (exact) mass is 294 g/mol. The highest BCUT2D eigenvalue weighted by Crippen LogP contribution is 2.25. The van der Waals surface area contributed by atoms with Gasteiger partial charge in [-0.3, -0.25) is 10.5 Å². The summed E-state index contributed by atoms with van der Waals surface area (Å²) in [5.41, 5.74) is 6.04. The van der Waals surface area contributed by atoms with Crippen LogP contribution in [0, 0.1) is 6.92 Å². The number of aromatic nitrogens is 2. The van der Waals surface area contributed by atoms with Crippen LogP contribution >= 0.6 is 15.9 Å². The molecule has 17 heavy (non-hydrogen) atoms. The Balaban J connectivity index is 2.45. The summed E-state index contributed by atoms with van der Waals surface area (Å²) in [6.07, 6.45) is 1.91. The number of nitrogens with zero attached hydrogens (tertiary/aromatic N) is 2. The summed E-state index contributed by atoms with van der Waals surface area (Å²) >= 11 is 3.48. The highest BCUT2D eigenvalue weighted by Gasteiger charge is 2.17. The number of rotatable bonds is 3. The second kappa shape index (κ2) is 5.00. The molecule has 1 unspecified atom stereocenters. The minimum atomic E-state index is -0.0892. The van der Waals surface area contributed by atoms with Crippen molar-refractivity contribution in [3.8, 4) is 0 Å². The van der Waals surface area contributed by atoms with Gasteiger partial charge in [0.2, 0.25) is 0 Å². The van der Waals surface area contributed by atoms with E-state index in [1.165, 1.54) is 5.56 Å². The van der Waals surface area contributed by atoms with Gasteiger partial charge >= 0.3 is 0 Å². The summed E-state index contributed by atoms with van der Waals surface area (Å²) in [7, 11) is 1.89. The van der Waals surface area contributed by atoms with Gasteiger partial charge in [0.05, 0.1) is 11.7 Å². The Labute approximate surface area is 109 Å². The van der Waals surface area contributed by atoms with E-state index in [2.05, 4.69) is 45.5 Å². The zero-order chi connectivity index (χ0) is 12.4. The largest absolute Gasteiger partial charge is 0.275 e. The van der Waals surface area contributed by atoms with Crippen LogP contribution in [0.1, 0.15) is 22.9 Å². The Morgan fingerprint density at radius 2 is 2.18 bits per heavy atom. The van der Waals surface area contributed by atoms with Gasteiger partial charge in [0.1, 0.15) is 0 Å². The van der Waals surface area contributed by atoms with Gasteiger partial charge in [-0.2, -0.15) is 5.10 Å². The van der Waals surface area contributed by atoms with Crippen molar-refractivity contribution in [1.29, 1.82) is 0 Å². The third-order valence-electron chi connectivity index (χ3n) is 2.75. The van der Waals surface area contributed by atoms with Crippen LogP contribution in [0.5, 0.6) is 0 Å². The van der Waals surface area contributed by atoms with E-state index < -0.39 is 0 Å². The Kier molecular flexibility index (Phi) is 3.61. The van der Waals surface area contributed by atoms with Crippen LogP contribution < -0.4 is 11.3 Å². The molecule has 3 N–H and O–H groups in total. The van der Waals surface area contributed by atoms with Gasteiger partial charge in [0, 0.05) is 17.7 Å². The molecule has 0 fully saturated rings. The molecule has 1 heterocycles. The molecule has 1 atom stereocenters. The fourth-order valence-electron chi connectivity index (χ4n) is 1.84. The molecule has 0 spiro atoms. The van der Waals surface area contributed by atoms with Crippen molar-refractivity contribution in [2.24, 2.45) is 12.9 Å². The Morgan fingerprint density at radius 1 is 1.41 bits per heavy atom. The smallest absolute Gasteiger partial charge is 0.0902 e. The molecule has 0 saturated carbocycles. The summed E-state index contributed by atoms with van der Waals surface area (Å²) in [6, 6.07) is 8.02. The van der Waals surface area contributed by atoms with Gasteiger partial charge < -0.3 is 0 Å². The summed E-state index contributed by atoms with van der Waals surface area (Å²) in [6.45, 7) is 2.06. The number of benzene rings is 1. The first-order chi connectivity index (χ1) is 8.11. The number of nitrogens with one attached hydrogen (secondary N) is 1. The number of nitrogens with two attached hydrogens (primary N) is 1. The molecule has 4 nitrogen and oxygen atoms in total. The van der Waals surface area contributed by atoms with Crippen LogP contribution in [0.15, 0.2) is 34.9 Å². The topological polar surface area (TPSA) is 55.9 Å². The van der Waals surface area contributed by atoms with E-state index in [1.54, 1.807) is 4.68 Å². The fourth-order valence-corrected chi connectivity index (χ4v) is 2.22. The fraction of sp³-hybridized carbons (Fsp3) is 0.250. The van der Waals surface area contributed by atoms with Crippen LogP contribution in [0.3, 0.4) is 0 Å². The quantitative estimate of drug-likeness (QED) is 0.673. The number of hydrogen-bond donors (Lipinski definition) is 2. The van der Waals surface area contributed by atoms with Crippen LogP contribution in [0.25, 0.3) is 0 Å². The van der Waals surface area contributed by atoms with Gasteiger partial charge in [-0.15, -0.1) is 0 Å². The minimum absolute atomic E-state index is 0.0892. The van der Waals surface area contributed by atoms with E-state index in [1.807, 2.05) is 25.4 Å². The van der Waals surface area contributed by atoms with Crippen LogP contribution in [-0.4, -0.2) is 9.78 Å². The van der Waals surface area contributed by atoms with E-state index in [-0.39, 0.29) is 6.04 Å². The Bertz CT molecular complexity index is 521. The van der Waals surface area contributed by atoms with Crippen molar-refractivity contribution in [2.45, 2.75) is 13.0 Å². The predicted octanol–water partition coefficient (Wildman–Crippen LogP) is 2.04. The van der Waals surface area contributed by atoms with Gasteiger partial charge in [-0.25, -0.2) is 5.43 Å². The first-order valence-electron chi connectivity index (χ1n) is 5.33. The van der Waals surface area contributed by atoms with Crippen LogP contribution in [-0.2, 0) is 7.05 Å². The second-order valence-corrected chi connectivity index (χ2v) is 4.93. The summed E-state index contributed by atoms with van der Waals surface area (Å²) < 4.78 is 2.81. The maximum absolute atomic E-state index is 5.65. The summed E-state index contributed by atoms with van der Waals surface area (Å²) in [5.74, 6) is 5.65. The lowest BCUT2D eigenvalue weighted by molar-refractivity contribution is 0.601. The standard InChI is InChI=1S/C12H15BrN4/c1-8-3-4-9(13)7-10(8)12(15-14)11-5-6-17(2)16-11/h3-7,12,15H,14H2,1-2H3. The molecule has 0 bridgehead atoms. The lowest BCUT2D eigenvalue weighted by Gasteiger charge is -2.16. The molecule has 0 amide bonds. The van der Waals surface area contributed by atoms with E-state index in [0.29, 0.717) is 0 Å². The SMILES string of the molecule is Cc1ccc(Br)cc1C(NN)c1ccn(C)n1. The molecule has 2 rings (SSSR count). The van der Waals surface area contributed by atoms with Crippen molar-refractivity contribution in [1.82, 2.24) is 15.2 Å². The van der Waals surface area contributed by atoms with E-state index >= 15 is 0 Å². The third-order valence-corrected chi connectivity index (χ3v) is 3.24. The lowest BCUT2D eigenvalue weighted by Crippen LogP contribution is -2.29. The average Bonchev–Trinajstić information content (AvgIpc) is 2.71. The molecule has 1 aromatic heterocycles. The molecule has 0 aliphatic carbocycles. The molecule has 0 aliphatic rings. The summed E-state index contributed by atoms with van der Waals surface area (Å²) in [4.78, 5) is 0. The van der Waals surface area contributed by atoms with E-state index in [0.717, 1.165) is 15.7 Å². The first-order valence-corrected chi connectivity index (χ1v) is 6.13. The van der Waals surface area contributed by atoms with Crippen LogP contribution in [0.2, 0.25) is 0 Å². The highest BCUT2D eigenvalue weighted by atomic mass is 79.9. The Morgan fingerprint density at radius 3 is 2.76 bits per heavy atom. The maximum Gasteiger partial charge on any atom is 0.0902 e. The van der Waals surface area contributed by atoms with Crippen molar-refractivity contribution >= 4 is 15.9 Å². The first kappa shape index (κ1) is 12.3. The molecular weight excluding hydrogens is 280 g/mol. The molecule has 1 aromatic carbocycles. The maximum atomic E-state index is 5.65. The van der Waals surface area contributed by atoms with E-state index in [4.69, 9.17) is 5.84 Å². The zero-order valence-corrected chi connectivity index (χ0v) is 11.4. The van der Waals surface area contributed by atoms with Gasteiger partial charge in [0.15, 0.2) is 0 Å². The zero-order valence-electron chi connectivity index (χ0n) is 9.81. The minimum Gasteiger partial charge on any atom is -0.275 e. The molecular formula is C12H15BrN4. The van der Waals surface area contributed by atoms with Gasteiger partial charge in [0.25, 0.3) is 0 Å². The molecule has 0 radical (unpaired) electrons. The lowest BCUT2D eigenvalue weighted by atomic mass is 9.99. The predicted molar refractivity (Wildman–Crippen MR) is 71.3 cm³/mol. The molecule has 90 valence electrons. The van der Waals surface area contributed by atoms with Crippen molar-refractivity contribution < 1.29 is 0 Å². The normalized spacial score (nSPS) is 12.7. The average molecular weight is 295 g/mol. The Hall–Kier alpha value is -1.17. The van der Waals surface area contributed by atoms with Gasteiger partial charge in [-0.1, -0.05) is 22.0 Å². The molecule has 2 aromatic rings. The second-order valence-electron chi connectivity index (χ2n) is 4.01. The third kappa shape index (κ3) is 2.57. The van der Waals surface area contributed by atoms with E-state index in [9.17, 15) is 0 Å². The van der Waals surface area contributed by atoms with Gasteiger partial charge in [-0.05, 0) is 36.2 Å². The summed E-state index contributed by atoms with van der Waals surface area (Å²) in [5, 5.41) is 4.39. The van der Waals surface area contributed by atoms with Crippen LogP contribution in [0.4, 0.5) is 0 Å². The molecule has 5 heteroatoms. The number of hydrogen-bond acceptors (Lipinski definition) is 3. The van der Waals surface area contributed by atoms with Crippen molar-refractivity contribution in [3.63, 3.8) is 0 Å². The highest BCUT2D eigenvalue weighted by molar-refractivity contribution is 9.10. The van der Waals surface area contributed by atoms with Crippen molar-refractivity contribution in [3.05, 3.63) is 51.8 Å². The van der Waals surface area contributed by atoms with Crippen molar-refractivity contribution in [2.75, 3.05) is 0 Å².